The number of hydrogen-bond donors (Lipinski definition) is 2. The first kappa shape index (κ1) is 45.3. The fourth-order valence-corrected chi connectivity index (χ4v) is 5.89. The molecular formula is C39H69O9P. The summed E-state index contributed by atoms with van der Waals surface area (Å²) in [7, 11) is -4.76. The molecule has 2 unspecified atom stereocenters. The average Bonchev–Trinajstić information content (AvgIpc) is 3.82. The lowest BCUT2D eigenvalue weighted by Gasteiger charge is -2.18. The van der Waals surface area contributed by atoms with Crippen molar-refractivity contribution >= 4 is 19.8 Å². The van der Waals surface area contributed by atoms with Gasteiger partial charge >= 0.3 is 19.8 Å². The van der Waals surface area contributed by atoms with Gasteiger partial charge in [0.2, 0.25) is 0 Å². The highest BCUT2D eigenvalue weighted by atomic mass is 31.2. The van der Waals surface area contributed by atoms with E-state index in [0.29, 0.717) is 25.0 Å². The molecule has 1 rings (SSSR count). The molecule has 1 aliphatic heterocycles. The third-order valence-corrected chi connectivity index (χ3v) is 9.04. The van der Waals surface area contributed by atoms with Crippen LogP contribution in [0.2, 0.25) is 0 Å². The van der Waals surface area contributed by atoms with Gasteiger partial charge in [-0.3, -0.25) is 14.1 Å². The van der Waals surface area contributed by atoms with E-state index in [1.54, 1.807) is 0 Å². The number of esters is 2. The summed E-state index contributed by atoms with van der Waals surface area (Å²) in [6.45, 7) is 3.59. The second-order valence-electron chi connectivity index (χ2n) is 13.3. The number of phosphoric acid groups is 1. The number of rotatable bonds is 34. The van der Waals surface area contributed by atoms with Crippen LogP contribution in [-0.4, -0.2) is 53.3 Å². The Labute approximate surface area is 297 Å². The summed E-state index contributed by atoms with van der Waals surface area (Å²) in [6.07, 6.45) is 37.4. The van der Waals surface area contributed by atoms with Crippen LogP contribution >= 0.6 is 7.82 Å². The molecule has 0 saturated carbocycles. The van der Waals surface area contributed by atoms with Crippen molar-refractivity contribution in [1.82, 2.24) is 0 Å². The molecule has 0 aromatic heterocycles. The molecule has 1 aliphatic rings. The van der Waals surface area contributed by atoms with Gasteiger partial charge in [-0.1, -0.05) is 121 Å². The summed E-state index contributed by atoms with van der Waals surface area (Å²) in [6, 6.07) is 0. The van der Waals surface area contributed by atoms with Crippen molar-refractivity contribution in [1.29, 1.82) is 0 Å². The van der Waals surface area contributed by atoms with Crippen LogP contribution in [0.4, 0.5) is 0 Å². The normalized spacial score (nSPS) is 17.0. The number of hydrogen-bond acceptors (Lipinski definition) is 7. The lowest BCUT2D eigenvalue weighted by Crippen LogP contribution is -2.29. The van der Waals surface area contributed by atoms with Gasteiger partial charge in [0, 0.05) is 12.8 Å². The van der Waals surface area contributed by atoms with Gasteiger partial charge in [-0.15, -0.1) is 0 Å². The molecule has 0 amide bonds. The molecule has 1 fully saturated rings. The third kappa shape index (κ3) is 30.8. The fraction of sp³-hybridized carbons (Fsp3) is 0.795. The minimum absolute atomic E-state index is 0.189. The van der Waals surface area contributed by atoms with Gasteiger partial charge in [0.25, 0.3) is 0 Å². The predicted molar refractivity (Wildman–Crippen MR) is 197 cm³/mol. The van der Waals surface area contributed by atoms with Crippen molar-refractivity contribution < 1.29 is 42.7 Å². The van der Waals surface area contributed by atoms with Crippen LogP contribution in [0.25, 0.3) is 0 Å². The summed E-state index contributed by atoms with van der Waals surface area (Å²) >= 11 is 0. The number of unbranched alkanes of at least 4 members (excludes halogenated alkanes) is 15. The zero-order valence-corrected chi connectivity index (χ0v) is 31.7. The highest BCUT2D eigenvalue weighted by Gasteiger charge is 2.36. The van der Waals surface area contributed by atoms with Crippen molar-refractivity contribution in [2.24, 2.45) is 0 Å². The molecule has 0 aromatic rings. The van der Waals surface area contributed by atoms with Crippen LogP contribution in [0, 0.1) is 0 Å². The van der Waals surface area contributed by atoms with Gasteiger partial charge in [0.15, 0.2) is 6.10 Å². The van der Waals surface area contributed by atoms with E-state index in [4.69, 9.17) is 24.0 Å². The van der Waals surface area contributed by atoms with Gasteiger partial charge < -0.3 is 24.0 Å². The third-order valence-electron chi connectivity index (χ3n) is 8.56. The Morgan fingerprint density at radius 2 is 1.18 bits per heavy atom. The predicted octanol–water partition coefficient (Wildman–Crippen LogP) is 10.4. The molecule has 0 aliphatic carbocycles. The van der Waals surface area contributed by atoms with Crippen molar-refractivity contribution in [3.05, 3.63) is 36.5 Å². The van der Waals surface area contributed by atoms with E-state index in [2.05, 4.69) is 54.8 Å². The summed E-state index contributed by atoms with van der Waals surface area (Å²) < 4.78 is 32.1. The van der Waals surface area contributed by atoms with Gasteiger partial charge in [-0.2, -0.15) is 0 Å². The number of allylic oxidation sites excluding steroid dienone is 5. The monoisotopic (exact) mass is 712 g/mol. The molecule has 3 atom stereocenters. The topological polar surface area (TPSA) is 132 Å². The molecule has 0 bridgehead atoms. The zero-order valence-electron chi connectivity index (χ0n) is 30.8. The smallest absolute Gasteiger partial charge is 0.462 e. The highest BCUT2D eigenvalue weighted by Crippen LogP contribution is 2.36. The first-order valence-corrected chi connectivity index (χ1v) is 20.9. The Morgan fingerprint density at radius 3 is 1.80 bits per heavy atom. The molecule has 0 aromatic carbocycles. The molecule has 284 valence electrons. The average molecular weight is 713 g/mol. The maximum Gasteiger partial charge on any atom is 0.469 e. The summed E-state index contributed by atoms with van der Waals surface area (Å²) in [4.78, 5) is 42.8. The first-order valence-electron chi connectivity index (χ1n) is 19.4. The van der Waals surface area contributed by atoms with E-state index in [9.17, 15) is 14.2 Å². The molecule has 1 saturated heterocycles. The van der Waals surface area contributed by atoms with Crippen LogP contribution < -0.4 is 0 Å². The number of phosphoric ester groups is 1. The molecule has 2 N–H and O–H groups in total. The lowest BCUT2D eigenvalue weighted by molar-refractivity contribution is -0.161. The number of ether oxygens (including phenoxy) is 3. The van der Waals surface area contributed by atoms with E-state index in [-0.39, 0.29) is 19.4 Å². The molecule has 10 heteroatoms. The standard InChI is InChI=1S/C39H69O9P/c1-3-5-7-9-11-12-13-14-15-16-17-18-19-23-28-32-39(41)47-35(34-46-49(42,43)44)33-45-38(40)31-27-24-20-22-26-30-37-36(48-37)29-25-21-10-8-6-4-2/h11-12,14-15,21,25,35-37H,3-10,13,16-20,22-24,26-34H2,1-2H3,(H2,42,43,44)/b12-11-,15-14-,25-21-/t35-,36?,37?/m1/s1. The van der Waals surface area contributed by atoms with E-state index >= 15 is 0 Å². The number of carbonyl (C=O) groups excluding carboxylic acids is 2. The number of carbonyl (C=O) groups is 2. The second kappa shape index (κ2) is 31.0. The molecular weight excluding hydrogens is 643 g/mol. The summed E-state index contributed by atoms with van der Waals surface area (Å²) in [5.74, 6) is -0.925. The second-order valence-corrected chi connectivity index (χ2v) is 14.5. The van der Waals surface area contributed by atoms with E-state index in [1.165, 1.54) is 44.9 Å². The fourth-order valence-electron chi connectivity index (χ4n) is 5.53. The lowest BCUT2D eigenvalue weighted by atomic mass is 10.1. The summed E-state index contributed by atoms with van der Waals surface area (Å²) in [5.41, 5.74) is 0. The van der Waals surface area contributed by atoms with E-state index < -0.39 is 32.5 Å². The van der Waals surface area contributed by atoms with Gasteiger partial charge in [-0.05, 0) is 70.6 Å². The Bertz CT molecular complexity index is 958. The zero-order chi connectivity index (χ0) is 35.8. The summed E-state index contributed by atoms with van der Waals surface area (Å²) in [5, 5.41) is 0. The SMILES string of the molecule is CCCCC/C=C\C/C=C\CCCCCCCC(=O)O[C@H](COC(=O)CCCCCCCC1OC1C/C=C\CCCCC)COP(=O)(O)O. The van der Waals surface area contributed by atoms with Crippen molar-refractivity contribution in [3.63, 3.8) is 0 Å². The van der Waals surface area contributed by atoms with Crippen LogP contribution in [0.1, 0.15) is 168 Å². The van der Waals surface area contributed by atoms with Crippen molar-refractivity contribution in [3.8, 4) is 0 Å². The van der Waals surface area contributed by atoms with Gasteiger partial charge in [0.1, 0.15) is 6.61 Å². The molecule has 1 heterocycles. The molecule has 0 radical (unpaired) electrons. The maximum atomic E-state index is 12.4. The Kier molecular flexibility index (Phi) is 28.6. The van der Waals surface area contributed by atoms with Gasteiger partial charge in [-0.25, -0.2) is 4.57 Å². The Balaban J connectivity index is 2.10. The largest absolute Gasteiger partial charge is 0.469 e. The Morgan fingerprint density at radius 1 is 0.653 bits per heavy atom. The van der Waals surface area contributed by atoms with Crippen molar-refractivity contribution in [2.75, 3.05) is 13.2 Å². The van der Waals surface area contributed by atoms with Crippen LogP contribution in [0.15, 0.2) is 36.5 Å². The quantitative estimate of drug-likeness (QED) is 0.0220. The van der Waals surface area contributed by atoms with Gasteiger partial charge in [0.05, 0.1) is 18.8 Å². The molecule has 49 heavy (non-hydrogen) atoms. The van der Waals surface area contributed by atoms with E-state index in [1.807, 2.05) is 0 Å². The van der Waals surface area contributed by atoms with Crippen LogP contribution in [0.3, 0.4) is 0 Å². The Hall–Kier alpha value is -1.77. The molecule has 9 nitrogen and oxygen atoms in total. The maximum absolute atomic E-state index is 12.4. The minimum atomic E-state index is -4.76. The van der Waals surface area contributed by atoms with Crippen LogP contribution in [0.5, 0.6) is 0 Å². The van der Waals surface area contributed by atoms with E-state index in [0.717, 1.165) is 83.5 Å². The first-order chi connectivity index (χ1) is 23.7. The highest BCUT2D eigenvalue weighted by molar-refractivity contribution is 7.46. The van der Waals surface area contributed by atoms with Crippen molar-refractivity contribution in [2.45, 2.75) is 186 Å². The van der Waals surface area contributed by atoms with Crippen LogP contribution in [-0.2, 0) is 32.9 Å². The number of epoxide rings is 1. The minimum Gasteiger partial charge on any atom is -0.462 e. The molecule has 0 spiro atoms.